The molecule has 0 aliphatic rings. The number of hydrogen-bond donors (Lipinski definition) is 1. The summed E-state index contributed by atoms with van der Waals surface area (Å²) in [5.74, 6) is 0.890. The zero-order chi connectivity index (χ0) is 14.3. The molecule has 1 aromatic rings. The molecular formula is C15H23N3S. The van der Waals surface area contributed by atoms with Crippen molar-refractivity contribution >= 4 is 28.8 Å². The summed E-state index contributed by atoms with van der Waals surface area (Å²) in [7, 11) is 0. The SMILES string of the molecule is CSC(=Nc1ccccc1C(C)C)N/N=C/C(C)C. The van der Waals surface area contributed by atoms with E-state index in [0.29, 0.717) is 11.8 Å². The minimum Gasteiger partial charge on any atom is -0.256 e. The van der Waals surface area contributed by atoms with E-state index >= 15 is 0 Å². The van der Waals surface area contributed by atoms with E-state index in [4.69, 9.17) is 0 Å². The molecule has 0 fully saturated rings. The first kappa shape index (κ1) is 15.8. The Bertz CT molecular complexity index is 450. The van der Waals surface area contributed by atoms with Crippen molar-refractivity contribution in [2.45, 2.75) is 33.6 Å². The Morgan fingerprint density at radius 1 is 1.21 bits per heavy atom. The van der Waals surface area contributed by atoms with E-state index in [2.05, 4.69) is 55.3 Å². The molecule has 0 saturated carbocycles. The van der Waals surface area contributed by atoms with Gasteiger partial charge in [0.05, 0.1) is 5.69 Å². The highest BCUT2D eigenvalue weighted by molar-refractivity contribution is 8.13. The molecule has 0 saturated heterocycles. The lowest BCUT2D eigenvalue weighted by molar-refractivity contribution is 0.866. The van der Waals surface area contributed by atoms with Crippen LogP contribution in [0.5, 0.6) is 0 Å². The summed E-state index contributed by atoms with van der Waals surface area (Å²) < 4.78 is 0. The van der Waals surface area contributed by atoms with E-state index in [1.54, 1.807) is 11.8 Å². The second kappa shape index (κ2) is 8.00. The third-order valence-corrected chi connectivity index (χ3v) is 3.08. The van der Waals surface area contributed by atoms with Gasteiger partial charge < -0.3 is 0 Å². The number of benzene rings is 1. The average Bonchev–Trinajstić information content (AvgIpc) is 2.37. The van der Waals surface area contributed by atoms with Crippen LogP contribution in [-0.4, -0.2) is 17.6 Å². The summed E-state index contributed by atoms with van der Waals surface area (Å²) in [6, 6.07) is 8.23. The number of hydrazone groups is 1. The molecule has 0 aliphatic heterocycles. The quantitative estimate of drug-likeness (QED) is 0.503. The fraction of sp³-hybridized carbons (Fsp3) is 0.467. The lowest BCUT2D eigenvalue weighted by atomic mass is 10.0. The van der Waals surface area contributed by atoms with Gasteiger partial charge in [-0.3, -0.25) is 5.43 Å². The Hall–Kier alpha value is -1.29. The second-order valence-electron chi connectivity index (χ2n) is 4.97. The van der Waals surface area contributed by atoms with Gasteiger partial charge in [-0.05, 0) is 29.7 Å². The maximum Gasteiger partial charge on any atom is 0.182 e. The summed E-state index contributed by atoms with van der Waals surface area (Å²) in [5.41, 5.74) is 5.26. The zero-order valence-electron chi connectivity index (χ0n) is 12.3. The first-order valence-electron chi connectivity index (χ1n) is 6.55. The summed E-state index contributed by atoms with van der Waals surface area (Å²) in [4.78, 5) is 4.65. The van der Waals surface area contributed by atoms with Crippen LogP contribution in [-0.2, 0) is 0 Å². The van der Waals surface area contributed by atoms with Crippen LogP contribution in [0.25, 0.3) is 0 Å². The number of aliphatic imine (C=N–C) groups is 1. The normalized spacial score (nSPS) is 12.7. The second-order valence-corrected chi connectivity index (χ2v) is 5.76. The molecule has 0 spiro atoms. The molecule has 1 N–H and O–H groups in total. The molecule has 1 rings (SSSR count). The number of thioether (sulfide) groups is 1. The van der Waals surface area contributed by atoms with E-state index in [1.165, 1.54) is 5.56 Å². The molecule has 0 atom stereocenters. The Labute approximate surface area is 120 Å². The zero-order valence-corrected chi connectivity index (χ0v) is 13.2. The van der Waals surface area contributed by atoms with Gasteiger partial charge >= 0.3 is 0 Å². The van der Waals surface area contributed by atoms with Gasteiger partial charge in [-0.2, -0.15) is 5.10 Å². The molecule has 0 radical (unpaired) electrons. The van der Waals surface area contributed by atoms with Crippen LogP contribution in [0.2, 0.25) is 0 Å². The Morgan fingerprint density at radius 2 is 1.89 bits per heavy atom. The van der Waals surface area contributed by atoms with Crippen LogP contribution < -0.4 is 5.43 Å². The van der Waals surface area contributed by atoms with Gasteiger partial charge in [0.25, 0.3) is 0 Å². The van der Waals surface area contributed by atoms with Crippen molar-refractivity contribution in [3.05, 3.63) is 29.8 Å². The first-order chi connectivity index (χ1) is 9.04. The smallest absolute Gasteiger partial charge is 0.182 e. The molecule has 1 aromatic carbocycles. The third kappa shape index (κ3) is 5.47. The third-order valence-electron chi connectivity index (χ3n) is 2.51. The molecule has 0 aliphatic carbocycles. The summed E-state index contributed by atoms with van der Waals surface area (Å²) >= 11 is 1.56. The summed E-state index contributed by atoms with van der Waals surface area (Å²) in [5, 5.41) is 5.00. The maximum absolute atomic E-state index is 4.65. The average molecular weight is 277 g/mol. The lowest BCUT2D eigenvalue weighted by Gasteiger charge is -2.10. The fourth-order valence-corrected chi connectivity index (χ4v) is 1.88. The number of nitrogens with one attached hydrogen (secondary N) is 1. The topological polar surface area (TPSA) is 36.8 Å². The van der Waals surface area contributed by atoms with Crippen molar-refractivity contribution in [3.63, 3.8) is 0 Å². The fourth-order valence-electron chi connectivity index (χ4n) is 1.54. The van der Waals surface area contributed by atoms with Crippen LogP contribution in [0.1, 0.15) is 39.2 Å². The number of hydrogen-bond acceptors (Lipinski definition) is 3. The van der Waals surface area contributed by atoms with Crippen molar-refractivity contribution in [2.75, 3.05) is 6.26 Å². The Morgan fingerprint density at radius 3 is 2.47 bits per heavy atom. The highest BCUT2D eigenvalue weighted by atomic mass is 32.2. The van der Waals surface area contributed by atoms with Crippen molar-refractivity contribution in [1.29, 1.82) is 0 Å². The van der Waals surface area contributed by atoms with E-state index in [9.17, 15) is 0 Å². The van der Waals surface area contributed by atoms with Gasteiger partial charge in [0.1, 0.15) is 0 Å². The van der Waals surface area contributed by atoms with Crippen LogP contribution in [0.15, 0.2) is 34.4 Å². The van der Waals surface area contributed by atoms with Gasteiger partial charge in [0.15, 0.2) is 5.17 Å². The van der Waals surface area contributed by atoms with Crippen molar-refractivity contribution < 1.29 is 0 Å². The van der Waals surface area contributed by atoms with E-state index in [1.807, 2.05) is 24.6 Å². The van der Waals surface area contributed by atoms with Gasteiger partial charge in [0.2, 0.25) is 0 Å². The van der Waals surface area contributed by atoms with Crippen molar-refractivity contribution in [1.82, 2.24) is 5.43 Å². The first-order valence-corrected chi connectivity index (χ1v) is 7.77. The summed E-state index contributed by atoms with van der Waals surface area (Å²) in [6.07, 6.45) is 3.87. The molecule has 0 aromatic heterocycles. The van der Waals surface area contributed by atoms with E-state index < -0.39 is 0 Å². The van der Waals surface area contributed by atoms with Gasteiger partial charge in [-0.15, -0.1) is 0 Å². The minimum atomic E-state index is 0.429. The highest BCUT2D eigenvalue weighted by Crippen LogP contribution is 2.26. The predicted molar refractivity (Wildman–Crippen MR) is 87.6 cm³/mol. The minimum absolute atomic E-state index is 0.429. The van der Waals surface area contributed by atoms with Crippen LogP contribution in [0.3, 0.4) is 0 Å². The van der Waals surface area contributed by atoms with Crippen molar-refractivity contribution in [2.24, 2.45) is 16.0 Å². The molecule has 4 heteroatoms. The van der Waals surface area contributed by atoms with Crippen LogP contribution in [0, 0.1) is 5.92 Å². The number of rotatable bonds is 4. The lowest BCUT2D eigenvalue weighted by Crippen LogP contribution is -2.14. The van der Waals surface area contributed by atoms with E-state index in [0.717, 1.165) is 10.9 Å². The standard InChI is InChI=1S/C15H23N3S/c1-11(2)10-16-18-15(19-5)17-14-9-7-6-8-13(14)12(3)4/h6-12H,1-5H3,(H,17,18)/b16-10+. The molecule has 19 heavy (non-hydrogen) atoms. The molecule has 3 nitrogen and oxygen atoms in total. The molecular weight excluding hydrogens is 254 g/mol. The molecule has 0 unspecified atom stereocenters. The number of para-hydroxylation sites is 1. The largest absolute Gasteiger partial charge is 0.256 e. The monoisotopic (exact) mass is 277 g/mol. The van der Waals surface area contributed by atoms with Crippen molar-refractivity contribution in [3.8, 4) is 0 Å². The van der Waals surface area contributed by atoms with Gasteiger partial charge in [-0.25, -0.2) is 4.99 Å². The Balaban J connectivity index is 2.91. The van der Waals surface area contributed by atoms with Gasteiger partial charge in [-0.1, -0.05) is 57.7 Å². The Kier molecular flexibility index (Phi) is 6.64. The maximum atomic E-state index is 4.65. The molecule has 0 amide bonds. The molecule has 0 heterocycles. The molecule has 0 bridgehead atoms. The number of nitrogens with zero attached hydrogens (tertiary/aromatic N) is 2. The van der Waals surface area contributed by atoms with Crippen LogP contribution >= 0.6 is 11.8 Å². The molecule has 104 valence electrons. The number of amidine groups is 1. The van der Waals surface area contributed by atoms with Gasteiger partial charge in [0, 0.05) is 6.21 Å². The predicted octanol–water partition coefficient (Wildman–Crippen LogP) is 4.39. The van der Waals surface area contributed by atoms with E-state index in [-0.39, 0.29) is 0 Å². The highest BCUT2D eigenvalue weighted by Gasteiger charge is 2.05. The summed E-state index contributed by atoms with van der Waals surface area (Å²) in [6.45, 7) is 8.54. The van der Waals surface area contributed by atoms with Crippen LogP contribution in [0.4, 0.5) is 5.69 Å².